The van der Waals surface area contributed by atoms with Crippen LogP contribution in [0.1, 0.15) is 47.1 Å². The van der Waals surface area contributed by atoms with Crippen molar-refractivity contribution in [3.05, 3.63) is 41.4 Å². The zero-order valence-electron chi connectivity index (χ0n) is 12.8. The number of pyridine rings is 1. The summed E-state index contributed by atoms with van der Waals surface area (Å²) in [7, 11) is 0. The maximum atomic E-state index is 13.0. The Morgan fingerprint density at radius 2 is 2.32 bits per heavy atom. The molecule has 1 atom stereocenters. The van der Waals surface area contributed by atoms with Gasteiger partial charge in [-0.05, 0) is 44.6 Å². The second kappa shape index (κ2) is 6.52. The highest BCUT2D eigenvalue weighted by Crippen LogP contribution is 2.32. The standard InChI is InChI=1S/C16H19N3O2S/c1-11-10-13(18-21-11)14-7-3-4-9-19(14)16(20)12-6-5-8-17-15(12)22-2/h5-6,8,10,14H,3-4,7,9H2,1-2H3. The first-order valence-electron chi connectivity index (χ1n) is 7.44. The fourth-order valence-electron chi connectivity index (χ4n) is 2.90. The Bertz CT molecular complexity index is 671. The van der Waals surface area contributed by atoms with E-state index in [9.17, 15) is 4.79 Å². The molecule has 3 rings (SSSR count). The SMILES string of the molecule is CSc1ncccc1C(=O)N1CCCCC1c1cc(C)on1. The first-order valence-corrected chi connectivity index (χ1v) is 8.66. The molecule has 5 nitrogen and oxygen atoms in total. The van der Waals surface area contributed by atoms with Crippen LogP contribution in [0.25, 0.3) is 0 Å². The number of hydrogen-bond acceptors (Lipinski definition) is 5. The van der Waals surface area contributed by atoms with Gasteiger partial charge >= 0.3 is 0 Å². The molecule has 0 aliphatic carbocycles. The monoisotopic (exact) mass is 317 g/mol. The van der Waals surface area contributed by atoms with Crippen molar-refractivity contribution in [1.29, 1.82) is 0 Å². The Kier molecular flexibility index (Phi) is 4.47. The lowest BCUT2D eigenvalue weighted by Gasteiger charge is -2.34. The summed E-state index contributed by atoms with van der Waals surface area (Å²) < 4.78 is 5.19. The molecular weight excluding hydrogens is 298 g/mol. The van der Waals surface area contributed by atoms with Gasteiger partial charge in [-0.1, -0.05) is 5.16 Å². The summed E-state index contributed by atoms with van der Waals surface area (Å²) in [6.07, 6.45) is 6.70. The molecule has 0 spiro atoms. The van der Waals surface area contributed by atoms with Crippen LogP contribution in [0.4, 0.5) is 0 Å². The zero-order chi connectivity index (χ0) is 15.5. The molecule has 0 aromatic carbocycles. The van der Waals surface area contributed by atoms with Crippen molar-refractivity contribution in [1.82, 2.24) is 15.0 Å². The third kappa shape index (κ3) is 2.88. The molecule has 1 saturated heterocycles. The molecule has 116 valence electrons. The number of carbonyl (C=O) groups excluding carboxylic acids is 1. The van der Waals surface area contributed by atoms with Gasteiger partial charge in [0.1, 0.15) is 16.5 Å². The average Bonchev–Trinajstić information content (AvgIpc) is 3.00. The minimum atomic E-state index is -0.00591. The Balaban J connectivity index is 1.91. The van der Waals surface area contributed by atoms with Crippen molar-refractivity contribution in [3.8, 4) is 0 Å². The highest BCUT2D eigenvalue weighted by Gasteiger charge is 2.31. The lowest BCUT2D eigenvalue weighted by molar-refractivity contribution is 0.0597. The molecular formula is C16H19N3O2S. The van der Waals surface area contributed by atoms with E-state index >= 15 is 0 Å². The van der Waals surface area contributed by atoms with Crippen molar-refractivity contribution in [2.75, 3.05) is 12.8 Å². The number of thioether (sulfide) groups is 1. The minimum Gasteiger partial charge on any atom is -0.361 e. The second-order valence-electron chi connectivity index (χ2n) is 5.43. The Labute approximate surface area is 134 Å². The quantitative estimate of drug-likeness (QED) is 0.811. The number of carbonyl (C=O) groups is 1. The van der Waals surface area contributed by atoms with E-state index in [0.717, 1.165) is 42.3 Å². The number of rotatable bonds is 3. The van der Waals surface area contributed by atoms with Gasteiger partial charge in [0.2, 0.25) is 0 Å². The van der Waals surface area contributed by atoms with Crippen molar-refractivity contribution in [2.24, 2.45) is 0 Å². The molecule has 1 aliphatic heterocycles. The summed E-state index contributed by atoms with van der Waals surface area (Å²) in [4.78, 5) is 19.2. The van der Waals surface area contributed by atoms with Gasteiger partial charge in [0.15, 0.2) is 0 Å². The number of hydrogen-bond donors (Lipinski definition) is 0. The normalized spacial score (nSPS) is 18.5. The smallest absolute Gasteiger partial charge is 0.257 e. The van der Waals surface area contributed by atoms with E-state index in [1.807, 2.05) is 36.3 Å². The molecule has 1 unspecified atom stereocenters. The average molecular weight is 317 g/mol. The summed E-state index contributed by atoms with van der Waals surface area (Å²) in [5.74, 6) is 0.807. The Morgan fingerprint density at radius 1 is 1.45 bits per heavy atom. The fourth-order valence-corrected chi connectivity index (χ4v) is 3.44. The number of aromatic nitrogens is 2. The summed E-state index contributed by atoms with van der Waals surface area (Å²) in [6, 6.07) is 5.58. The van der Waals surface area contributed by atoms with Crippen molar-refractivity contribution < 1.29 is 9.32 Å². The first kappa shape index (κ1) is 15.1. The van der Waals surface area contributed by atoms with Gasteiger partial charge in [-0.2, -0.15) is 0 Å². The topological polar surface area (TPSA) is 59.2 Å². The zero-order valence-corrected chi connectivity index (χ0v) is 13.6. The van der Waals surface area contributed by atoms with Gasteiger partial charge < -0.3 is 9.42 Å². The summed E-state index contributed by atoms with van der Waals surface area (Å²) in [5.41, 5.74) is 1.52. The minimum absolute atomic E-state index is 0.00591. The molecule has 1 amide bonds. The van der Waals surface area contributed by atoms with Gasteiger partial charge in [0.05, 0.1) is 11.6 Å². The van der Waals surface area contributed by atoms with Crippen LogP contribution in [-0.2, 0) is 0 Å². The van der Waals surface area contributed by atoms with Crippen molar-refractivity contribution in [2.45, 2.75) is 37.3 Å². The number of amides is 1. The van der Waals surface area contributed by atoms with Crippen LogP contribution >= 0.6 is 11.8 Å². The molecule has 0 N–H and O–H groups in total. The van der Waals surface area contributed by atoms with E-state index in [-0.39, 0.29) is 11.9 Å². The third-order valence-corrected chi connectivity index (χ3v) is 4.66. The van der Waals surface area contributed by atoms with Gasteiger partial charge in [0.25, 0.3) is 5.91 Å². The van der Waals surface area contributed by atoms with Crippen molar-refractivity contribution >= 4 is 17.7 Å². The van der Waals surface area contributed by atoms with Crippen molar-refractivity contribution in [3.63, 3.8) is 0 Å². The number of nitrogens with zero attached hydrogens (tertiary/aromatic N) is 3. The van der Waals surface area contributed by atoms with E-state index in [2.05, 4.69) is 10.1 Å². The predicted octanol–water partition coefficient (Wildman–Crippen LogP) is 3.47. The van der Waals surface area contributed by atoms with Gasteiger partial charge in [0, 0.05) is 18.8 Å². The molecule has 0 bridgehead atoms. The van der Waals surface area contributed by atoms with Crippen LogP contribution in [0.5, 0.6) is 0 Å². The Morgan fingerprint density at radius 3 is 3.05 bits per heavy atom. The van der Waals surface area contributed by atoms with E-state index in [0.29, 0.717) is 5.56 Å². The molecule has 2 aromatic heterocycles. The molecule has 1 aliphatic rings. The van der Waals surface area contributed by atoms with E-state index in [1.165, 1.54) is 11.8 Å². The van der Waals surface area contributed by atoms with Gasteiger partial charge in [-0.25, -0.2) is 4.98 Å². The second-order valence-corrected chi connectivity index (χ2v) is 6.23. The number of aryl methyl sites for hydroxylation is 1. The van der Waals surface area contributed by atoms with Crippen LogP contribution in [-0.4, -0.2) is 33.7 Å². The maximum absolute atomic E-state index is 13.0. The lowest BCUT2D eigenvalue weighted by atomic mass is 9.98. The third-order valence-electron chi connectivity index (χ3n) is 3.95. The molecule has 1 fully saturated rings. The van der Waals surface area contributed by atoms with Crippen LogP contribution in [0.2, 0.25) is 0 Å². The molecule has 2 aromatic rings. The highest BCUT2D eigenvalue weighted by atomic mass is 32.2. The fraction of sp³-hybridized carbons (Fsp3) is 0.438. The van der Waals surface area contributed by atoms with E-state index < -0.39 is 0 Å². The number of piperidine rings is 1. The molecule has 0 saturated carbocycles. The van der Waals surface area contributed by atoms with Crippen LogP contribution in [0.3, 0.4) is 0 Å². The highest BCUT2D eigenvalue weighted by molar-refractivity contribution is 7.98. The lowest BCUT2D eigenvalue weighted by Crippen LogP contribution is -2.39. The van der Waals surface area contributed by atoms with Gasteiger partial charge in [-0.15, -0.1) is 11.8 Å². The number of likely N-dealkylation sites (tertiary alicyclic amines) is 1. The summed E-state index contributed by atoms with van der Waals surface area (Å²) >= 11 is 1.50. The first-order chi connectivity index (χ1) is 10.7. The van der Waals surface area contributed by atoms with E-state index in [1.54, 1.807) is 6.20 Å². The molecule has 0 radical (unpaired) electrons. The van der Waals surface area contributed by atoms with E-state index in [4.69, 9.17) is 4.52 Å². The summed E-state index contributed by atoms with van der Waals surface area (Å²) in [6.45, 7) is 2.62. The van der Waals surface area contributed by atoms with Crippen LogP contribution in [0.15, 0.2) is 33.9 Å². The Hall–Kier alpha value is -1.82. The van der Waals surface area contributed by atoms with Gasteiger partial charge in [-0.3, -0.25) is 4.79 Å². The summed E-state index contributed by atoms with van der Waals surface area (Å²) in [5, 5.41) is 4.89. The van der Waals surface area contributed by atoms with Crippen LogP contribution in [0, 0.1) is 6.92 Å². The molecule has 3 heterocycles. The molecule has 22 heavy (non-hydrogen) atoms. The van der Waals surface area contributed by atoms with Crippen LogP contribution < -0.4 is 0 Å². The predicted molar refractivity (Wildman–Crippen MR) is 84.9 cm³/mol. The largest absolute Gasteiger partial charge is 0.361 e. The molecule has 6 heteroatoms. The maximum Gasteiger partial charge on any atom is 0.257 e.